The molecule has 1 saturated carbocycles. The highest BCUT2D eigenvalue weighted by atomic mass is 16.6. The Hall–Kier alpha value is -1.51. The van der Waals surface area contributed by atoms with Crippen molar-refractivity contribution >= 4 is 17.9 Å². The molecule has 0 radical (unpaired) electrons. The second-order valence-electron chi connectivity index (χ2n) is 7.86. The molecule has 0 saturated heterocycles. The van der Waals surface area contributed by atoms with E-state index in [0.29, 0.717) is 5.92 Å². The molecular weight excluding hydrogens is 340 g/mol. The number of ether oxygens (including phenoxy) is 3. The van der Waals surface area contributed by atoms with Gasteiger partial charge in [0, 0.05) is 0 Å². The second-order valence-corrected chi connectivity index (χ2v) is 7.86. The van der Waals surface area contributed by atoms with Crippen molar-refractivity contribution in [2.24, 2.45) is 22.8 Å². The third kappa shape index (κ3) is 7.01. The molecule has 1 aliphatic rings. The average molecular weight is 372 g/mol. The zero-order valence-corrected chi connectivity index (χ0v) is 16.2. The van der Waals surface area contributed by atoms with E-state index in [0.717, 1.165) is 19.3 Å². The van der Waals surface area contributed by atoms with Gasteiger partial charge in [-0.1, -0.05) is 33.6 Å². The maximum Gasteiger partial charge on any atom is 0.333 e. The first-order valence-electron chi connectivity index (χ1n) is 9.01. The van der Waals surface area contributed by atoms with Crippen LogP contribution < -0.4 is 11.5 Å². The number of hydrogen-bond acceptors (Lipinski definition) is 8. The lowest BCUT2D eigenvalue weighted by Gasteiger charge is -2.40. The third-order valence-corrected chi connectivity index (χ3v) is 4.73. The Bertz CT molecular complexity index is 502. The molecule has 8 nitrogen and oxygen atoms in total. The van der Waals surface area contributed by atoms with Gasteiger partial charge in [-0.05, 0) is 24.2 Å². The first-order chi connectivity index (χ1) is 12.1. The predicted molar refractivity (Wildman–Crippen MR) is 94.8 cm³/mol. The average Bonchev–Trinajstić information content (AvgIpc) is 2.58. The molecule has 0 spiro atoms. The lowest BCUT2D eigenvalue weighted by molar-refractivity contribution is -0.164. The van der Waals surface area contributed by atoms with Crippen molar-refractivity contribution in [3.05, 3.63) is 0 Å². The summed E-state index contributed by atoms with van der Waals surface area (Å²) in [4.78, 5) is 34.8. The molecule has 26 heavy (non-hydrogen) atoms. The highest BCUT2D eigenvalue weighted by Gasteiger charge is 2.35. The van der Waals surface area contributed by atoms with Crippen LogP contribution in [0.2, 0.25) is 0 Å². The van der Waals surface area contributed by atoms with Crippen LogP contribution >= 0.6 is 0 Å². The number of methoxy groups -OCH3 is 1. The summed E-state index contributed by atoms with van der Waals surface area (Å²) in [7, 11) is 1.18. The standard InChI is InChI=1S/C18H32N2O6/c1-18(2,3)11-7-5-6-8-14(11)25-10-13(20)17(23)26-16(22)12(19)9-15(21)24-4/h11-14H,5-10,19-20H2,1-4H3/t11?,12-,13-,14?/m0/s1. The molecule has 0 aliphatic heterocycles. The number of carbonyl (C=O) groups is 3. The van der Waals surface area contributed by atoms with Crippen LogP contribution in [0.25, 0.3) is 0 Å². The fourth-order valence-corrected chi connectivity index (χ4v) is 3.18. The zero-order valence-electron chi connectivity index (χ0n) is 16.2. The van der Waals surface area contributed by atoms with Crippen LogP contribution in [0, 0.1) is 11.3 Å². The minimum atomic E-state index is -1.27. The Labute approximate surface area is 154 Å². The molecule has 0 aromatic heterocycles. The minimum Gasteiger partial charge on any atom is -0.469 e. The Balaban J connectivity index is 2.48. The van der Waals surface area contributed by atoms with Crippen LogP contribution in [0.15, 0.2) is 0 Å². The molecule has 2 unspecified atom stereocenters. The Morgan fingerprint density at radius 3 is 2.19 bits per heavy atom. The molecule has 0 amide bonds. The summed E-state index contributed by atoms with van der Waals surface area (Å²) in [5.74, 6) is -2.21. The largest absolute Gasteiger partial charge is 0.469 e. The Kier molecular flexibility index (Phi) is 8.66. The van der Waals surface area contributed by atoms with Crippen molar-refractivity contribution < 1.29 is 28.6 Å². The van der Waals surface area contributed by atoms with Gasteiger partial charge in [-0.15, -0.1) is 0 Å². The van der Waals surface area contributed by atoms with Crippen LogP contribution in [0.1, 0.15) is 52.9 Å². The molecule has 8 heteroatoms. The summed E-state index contributed by atoms with van der Waals surface area (Å²) in [5.41, 5.74) is 11.4. The minimum absolute atomic E-state index is 0.0277. The maximum absolute atomic E-state index is 11.9. The maximum atomic E-state index is 11.9. The van der Waals surface area contributed by atoms with Crippen molar-refractivity contribution in [1.29, 1.82) is 0 Å². The van der Waals surface area contributed by atoms with Crippen molar-refractivity contribution in [1.82, 2.24) is 0 Å². The second kappa shape index (κ2) is 9.99. The van der Waals surface area contributed by atoms with Gasteiger partial charge in [0.05, 0.1) is 26.2 Å². The van der Waals surface area contributed by atoms with Gasteiger partial charge in [0.2, 0.25) is 0 Å². The summed E-state index contributed by atoms with van der Waals surface area (Å²) in [6, 6.07) is -2.37. The zero-order chi connectivity index (χ0) is 19.9. The van der Waals surface area contributed by atoms with E-state index in [2.05, 4.69) is 30.2 Å². The van der Waals surface area contributed by atoms with Gasteiger partial charge in [0.1, 0.15) is 12.1 Å². The molecule has 1 aliphatic carbocycles. The molecule has 0 heterocycles. The lowest BCUT2D eigenvalue weighted by Crippen LogP contribution is -2.44. The number of carbonyl (C=O) groups excluding carboxylic acids is 3. The van der Waals surface area contributed by atoms with E-state index in [4.69, 9.17) is 16.2 Å². The highest BCUT2D eigenvalue weighted by molar-refractivity contribution is 5.92. The molecule has 1 fully saturated rings. The molecular formula is C18H32N2O6. The van der Waals surface area contributed by atoms with Gasteiger partial charge in [-0.25, -0.2) is 9.59 Å². The van der Waals surface area contributed by atoms with Gasteiger partial charge in [-0.2, -0.15) is 0 Å². The van der Waals surface area contributed by atoms with E-state index >= 15 is 0 Å². The first-order valence-corrected chi connectivity index (χ1v) is 9.01. The molecule has 1 rings (SSSR count). The summed E-state index contributed by atoms with van der Waals surface area (Å²) in [5, 5.41) is 0. The fourth-order valence-electron chi connectivity index (χ4n) is 3.18. The van der Waals surface area contributed by atoms with E-state index in [1.165, 1.54) is 13.5 Å². The van der Waals surface area contributed by atoms with E-state index in [1.807, 2.05) is 0 Å². The molecule has 4 atom stereocenters. The van der Waals surface area contributed by atoms with Crippen LogP contribution in [-0.2, 0) is 28.6 Å². The monoisotopic (exact) mass is 372 g/mol. The predicted octanol–water partition coefficient (Wildman–Crippen LogP) is 0.895. The smallest absolute Gasteiger partial charge is 0.333 e. The number of rotatable bonds is 7. The summed E-state index contributed by atoms with van der Waals surface area (Å²) >= 11 is 0. The van der Waals surface area contributed by atoms with Gasteiger partial charge in [0.25, 0.3) is 0 Å². The van der Waals surface area contributed by atoms with Gasteiger partial charge in [0.15, 0.2) is 0 Å². The third-order valence-electron chi connectivity index (χ3n) is 4.73. The lowest BCUT2D eigenvalue weighted by atomic mass is 9.70. The summed E-state index contributed by atoms with van der Waals surface area (Å²) in [6.45, 7) is 6.49. The van der Waals surface area contributed by atoms with E-state index in [-0.39, 0.29) is 24.5 Å². The number of esters is 3. The van der Waals surface area contributed by atoms with Crippen LogP contribution in [0.4, 0.5) is 0 Å². The molecule has 4 N–H and O–H groups in total. The van der Waals surface area contributed by atoms with Crippen LogP contribution in [0.3, 0.4) is 0 Å². The SMILES string of the molecule is COC(=O)C[C@H](N)C(=O)OC(=O)[C@@H](N)COC1CCCCC1C(C)(C)C. The molecule has 0 aromatic carbocycles. The van der Waals surface area contributed by atoms with Gasteiger partial charge in [-0.3, -0.25) is 4.79 Å². The molecule has 150 valence electrons. The first kappa shape index (κ1) is 22.5. The van der Waals surface area contributed by atoms with Crippen molar-refractivity contribution in [2.45, 2.75) is 71.1 Å². The summed E-state index contributed by atoms with van der Waals surface area (Å²) < 4.78 is 14.9. The van der Waals surface area contributed by atoms with E-state index < -0.39 is 30.0 Å². The Morgan fingerprint density at radius 2 is 1.62 bits per heavy atom. The molecule has 0 aromatic rings. The van der Waals surface area contributed by atoms with Crippen molar-refractivity contribution in [3.63, 3.8) is 0 Å². The fraction of sp³-hybridized carbons (Fsp3) is 0.833. The van der Waals surface area contributed by atoms with Gasteiger partial charge >= 0.3 is 17.9 Å². The number of hydrogen-bond donors (Lipinski definition) is 2. The quantitative estimate of drug-likeness (QED) is 0.498. The normalized spacial score (nSPS) is 23.0. The molecule has 0 bridgehead atoms. The van der Waals surface area contributed by atoms with Gasteiger partial charge < -0.3 is 25.7 Å². The van der Waals surface area contributed by atoms with Crippen LogP contribution in [-0.4, -0.2) is 49.8 Å². The number of nitrogens with two attached hydrogens (primary N) is 2. The van der Waals surface area contributed by atoms with Crippen molar-refractivity contribution in [2.75, 3.05) is 13.7 Å². The van der Waals surface area contributed by atoms with Crippen molar-refractivity contribution in [3.8, 4) is 0 Å². The van der Waals surface area contributed by atoms with E-state index in [1.54, 1.807) is 0 Å². The highest BCUT2D eigenvalue weighted by Crippen LogP contribution is 2.39. The van der Waals surface area contributed by atoms with Crippen LogP contribution in [0.5, 0.6) is 0 Å². The summed E-state index contributed by atoms with van der Waals surface area (Å²) in [6.07, 6.45) is 3.91. The topological polar surface area (TPSA) is 131 Å². The van der Waals surface area contributed by atoms with E-state index in [9.17, 15) is 14.4 Å². The Morgan fingerprint density at radius 1 is 1.04 bits per heavy atom.